The Balaban J connectivity index is 1.93. The first kappa shape index (κ1) is 13.5. The highest BCUT2D eigenvalue weighted by Gasteiger charge is 2.48. The number of rotatable bonds is 2. The smallest absolute Gasteiger partial charge is 0.250 e. The van der Waals surface area contributed by atoms with Crippen LogP contribution >= 0.6 is 15.9 Å². The second kappa shape index (κ2) is 4.84. The number of ether oxygens (including phenoxy) is 1. The van der Waals surface area contributed by atoms with Crippen molar-refractivity contribution >= 4 is 27.5 Å². The Kier molecular flexibility index (Phi) is 3.28. The SMILES string of the molecule is COc1cnc(C2=N[C@]3(CC2)CCN(C)C3=O)cc1Br. The summed E-state index contributed by atoms with van der Waals surface area (Å²) in [5.41, 5.74) is 1.20. The van der Waals surface area contributed by atoms with Crippen LogP contribution in [0.1, 0.15) is 25.0 Å². The molecule has 2 aliphatic rings. The summed E-state index contributed by atoms with van der Waals surface area (Å²) in [4.78, 5) is 23.1. The normalized spacial score (nSPS) is 25.4. The van der Waals surface area contributed by atoms with Crippen LogP contribution in [0.2, 0.25) is 0 Å². The molecule has 0 aromatic carbocycles. The Hall–Kier alpha value is -1.43. The molecule has 1 fully saturated rings. The van der Waals surface area contributed by atoms with E-state index in [9.17, 15) is 4.79 Å². The topological polar surface area (TPSA) is 54.8 Å². The molecular weight excluding hydrogens is 322 g/mol. The maximum atomic E-state index is 12.2. The molecule has 1 saturated heterocycles. The lowest BCUT2D eigenvalue weighted by Crippen LogP contribution is -2.35. The van der Waals surface area contributed by atoms with Gasteiger partial charge in [-0.05, 0) is 41.3 Å². The fourth-order valence-electron chi connectivity index (χ4n) is 2.86. The van der Waals surface area contributed by atoms with E-state index in [4.69, 9.17) is 9.73 Å². The van der Waals surface area contributed by atoms with Gasteiger partial charge in [0.25, 0.3) is 0 Å². The number of carbonyl (C=O) groups is 1. The van der Waals surface area contributed by atoms with E-state index >= 15 is 0 Å². The first-order valence-corrected chi connectivity index (χ1v) is 7.39. The van der Waals surface area contributed by atoms with Gasteiger partial charge in [-0.2, -0.15) is 0 Å². The Labute approximate surface area is 126 Å². The number of carbonyl (C=O) groups excluding carboxylic acids is 1. The number of amides is 1. The third-order valence-electron chi connectivity index (χ3n) is 4.07. The van der Waals surface area contributed by atoms with E-state index < -0.39 is 5.54 Å². The van der Waals surface area contributed by atoms with Crippen LogP contribution in [0.4, 0.5) is 0 Å². The third kappa shape index (κ3) is 2.02. The molecule has 0 aliphatic carbocycles. The largest absolute Gasteiger partial charge is 0.494 e. The van der Waals surface area contributed by atoms with Crippen LogP contribution in [0, 0.1) is 0 Å². The van der Waals surface area contributed by atoms with Crippen LogP contribution in [0.25, 0.3) is 0 Å². The highest BCUT2D eigenvalue weighted by atomic mass is 79.9. The summed E-state index contributed by atoms with van der Waals surface area (Å²) in [6.07, 6.45) is 4.07. The number of pyridine rings is 1. The van der Waals surface area contributed by atoms with Crippen molar-refractivity contribution < 1.29 is 9.53 Å². The molecule has 106 valence electrons. The van der Waals surface area contributed by atoms with Gasteiger partial charge in [-0.3, -0.25) is 14.8 Å². The fraction of sp³-hybridized carbons (Fsp3) is 0.500. The zero-order chi connectivity index (χ0) is 14.3. The molecule has 1 atom stereocenters. The number of likely N-dealkylation sites (tertiary alicyclic amines) is 1. The predicted octanol–water partition coefficient (Wildman–Crippen LogP) is 2.04. The van der Waals surface area contributed by atoms with E-state index in [1.807, 2.05) is 13.1 Å². The molecule has 0 N–H and O–H groups in total. The van der Waals surface area contributed by atoms with Gasteiger partial charge in [0.2, 0.25) is 5.91 Å². The number of aliphatic imine (C=N–C) groups is 1. The van der Waals surface area contributed by atoms with Crippen LogP contribution in [0.5, 0.6) is 5.75 Å². The molecule has 2 aliphatic heterocycles. The zero-order valence-electron chi connectivity index (χ0n) is 11.5. The van der Waals surface area contributed by atoms with Crippen LogP contribution in [0.15, 0.2) is 21.7 Å². The van der Waals surface area contributed by atoms with Gasteiger partial charge in [-0.15, -0.1) is 0 Å². The van der Waals surface area contributed by atoms with Crippen molar-refractivity contribution in [3.05, 3.63) is 22.4 Å². The van der Waals surface area contributed by atoms with Crippen molar-refractivity contribution in [1.29, 1.82) is 0 Å². The van der Waals surface area contributed by atoms with Crippen LogP contribution in [-0.2, 0) is 4.79 Å². The number of likely N-dealkylation sites (N-methyl/N-ethyl adjacent to an activating group) is 1. The maximum Gasteiger partial charge on any atom is 0.250 e. The van der Waals surface area contributed by atoms with Crippen molar-refractivity contribution in [2.45, 2.75) is 24.8 Å². The Bertz CT molecular complexity index is 602. The minimum Gasteiger partial charge on any atom is -0.494 e. The van der Waals surface area contributed by atoms with Crippen LogP contribution in [-0.4, -0.2) is 47.7 Å². The van der Waals surface area contributed by atoms with E-state index in [0.29, 0.717) is 5.75 Å². The van der Waals surface area contributed by atoms with E-state index in [0.717, 1.165) is 41.7 Å². The summed E-state index contributed by atoms with van der Waals surface area (Å²) >= 11 is 3.46. The van der Waals surface area contributed by atoms with Gasteiger partial charge in [0.1, 0.15) is 5.54 Å². The molecule has 1 aromatic heterocycles. The standard InChI is InChI=1S/C14H16BrN3O2/c1-18-6-5-14(13(18)19)4-3-10(17-14)11-7-9(15)12(20-2)8-16-11/h7-8H,3-6H2,1-2H3/t14-/m1/s1. The molecule has 6 heteroatoms. The highest BCUT2D eigenvalue weighted by Crippen LogP contribution is 2.37. The molecule has 20 heavy (non-hydrogen) atoms. The summed E-state index contributed by atoms with van der Waals surface area (Å²) in [6, 6.07) is 1.90. The summed E-state index contributed by atoms with van der Waals surface area (Å²) in [6.45, 7) is 0.787. The number of nitrogens with zero attached hydrogens (tertiary/aromatic N) is 3. The maximum absolute atomic E-state index is 12.2. The van der Waals surface area contributed by atoms with Gasteiger partial charge in [0, 0.05) is 13.6 Å². The summed E-state index contributed by atoms with van der Waals surface area (Å²) < 4.78 is 6.03. The average Bonchev–Trinajstić information content (AvgIpc) is 3.00. The minimum atomic E-state index is -0.530. The predicted molar refractivity (Wildman–Crippen MR) is 79.2 cm³/mol. The minimum absolute atomic E-state index is 0.139. The first-order chi connectivity index (χ1) is 9.55. The van der Waals surface area contributed by atoms with Gasteiger partial charge >= 0.3 is 0 Å². The fourth-order valence-corrected chi connectivity index (χ4v) is 3.34. The number of halogens is 1. The van der Waals surface area contributed by atoms with E-state index in [-0.39, 0.29) is 5.91 Å². The summed E-state index contributed by atoms with van der Waals surface area (Å²) in [7, 11) is 3.45. The Morgan fingerprint density at radius 2 is 2.25 bits per heavy atom. The van der Waals surface area contributed by atoms with Crippen molar-refractivity contribution in [2.75, 3.05) is 20.7 Å². The van der Waals surface area contributed by atoms with Crippen molar-refractivity contribution in [1.82, 2.24) is 9.88 Å². The molecule has 1 spiro atoms. The number of aromatic nitrogens is 1. The number of hydrogen-bond acceptors (Lipinski definition) is 4. The molecule has 0 unspecified atom stereocenters. The lowest BCUT2D eigenvalue weighted by molar-refractivity contribution is -0.130. The van der Waals surface area contributed by atoms with E-state index in [1.54, 1.807) is 18.2 Å². The molecule has 0 saturated carbocycles. The van der Waals surface area contributed by atoms with Crippen LogP contribution < -0.4 is 4.74 Å². The van der Waals surface area contributed by atoms with E-state index in [2.05, 4.69) is 20.9 Å². The average molecular weight is 338 g/mol. The van der Waals surface area contributed by atoms with Crippen LogP contribution in [0.3, 0.4) is 0 Å². The number of methoxy groups -OCH3 is 1. The number of hydrogen-bond donors (Lipinski definition) is 0. The molecule has 0 radical (unpaired) electrons. The molecular formula is C14H16BrN3O2. The van der Waals surface area contributed by atoms with Gasteiger partial charge in [0.15, 0.2) is 5.75 Å². The second-order valence-corrected chi connectivity index (χ2v) is 6.13. The van der Waals surface area contributed by atoms with Gasteiger partial charge in [-0.1, -0.05) is 0 Å². The van der Waals surface area contributed by atoms with E-state index in [1.165, 1.54) is 0 Å². The highest BCUT2D eigenvalue weighted by molar-refractivity contribution is 9.10. The Morgan fingerprint density at radius 3 is 2.85 bits per heavy atom. The first-order valence-electron chi connectivity index (χ1n) is 6.60. The lowest BCUT2D eigenvalue weighted by atomic mass is 9.95. The molecule has 1 amide bonds. The zero-order valence-corrected chi connectivity index (χ0v) is 13.1. The van der Waals surface area contributed by atoms with Gasteiger partial charge in [-0.25, -0.2) is 0 Å². The Morgan fingerprint density at radius 1 is 1.45 bits per heavy atom. The van der Waals surface area contributed by atoms with Crippen molar-refractivity contribution in [3.8, 4) is 5.75 Å². The molecule has 3 heterocycles. The third-order valence-corrected chi connectivity index (χ3v) is 4.68. The van der Waals surface area contributed by atoms with Gasteiger partial charge in [0.05, 0.1) is 29.2 Å². The monoisotopic (exact) mass is 337 g/mol. The molecule has 1 aromatic rings. The summed E-state index contributed by atoms with van der Waals surface area (Å²) in [5, 5.41) is 0. The molecule has 0 bridgehead atoms. The van der Waals surface area contributed by atoms with Gasteiger partial charge < -0.3 is 9.64 Å². The lowest BCUT2D eigenvalue weighted by Gasteiger charge is -2.16. The molecule has 3 rings (SSSR count). The summed E-state index contributed by atoms with van der Waals surface area (Å²) in [5.74, 6) is 0.832. The molecule has 5 nitrogen and oxygen atoms in total. The second-order valence-electron chi connectivity index (χ2n) is 5.27. The van der Waals surface area contributed by atoms with Crippen molar-refractivity contribution in [3.63, 3.8) is 0 Å². The van der Waals surface area contributed by atoms with Crippen molar-refractivity contribution in [2.24, 2.45) is 4.99 Å². The quantitative estimate of drug-likeness (QED) is 0.829.